The highest BCUT2D eigenvalue weighted by atomic mass is 35.5. The maximum Gasteiger partial charge on any atom is 0.254 e. The van der Waals surface area contributed by atoms with Crippen LogP contribution in [0.3, 0.4) is 0 Å². The summed E-state index contributed by atoms with van der Waals surface area (Å²) in [6.07, 6.45) is 1.77. The third-order valence-electron chi connectivity index (χ3n) is 3.22. The Morgan fingerprint density at radius 2 is 2.00 bits per heavy atom. The monoisotopic (exact) mass is 351 g/mol. The van der Waals surface area contributed by atoms with Gasteiger partial charge in [0, 0.05) is 32.6 Å². The van der Waals surface area contributed by atoms with Crippen molar-refractivity contribution in [1.82, 2.24) is 14.2 Å². The Balaban J connectivity index is 1.99. The van der Waals surface area contributed by atoms with Gasteiger partial charge in [0.15, 0.2) is 8.68 Å². The molecule has 1 saturated heterocycles. The number of carbonyl (C=O) groups is 1. The molecule has 6 nitrogen and oxygen atoms in total. The average molecular weight is 352 g/mol. The van der Waals surface area contributed by atoms with E-state index in [0.717, 1.165) is 11.3 Å². The quantitative estimate of drug-likeness (QED) is 0.827. The topological polar surface area (TPSA) is 70.6 Å². The van der Waals surface area contributed by atoms with E-state index in [1.165, 1.54) is 10.5 Å². The zero-order valence-corrected chi connectivity index (χ0v) is 14.3. The predicted octanol–water partition coefficient (Wildman–Crippen LogP) is 1.68. The van der Waals surface area contributed by atoms with Gasteiger partial charge >= 0.3 is 0 Å². The van der Waals surface area contributed by atoms with E-state index in [4.69, 9.17) is 11.6 Å². The first-order chi connectivity index (χ1) is 9.80. The number of piperazine rings is 1. The molecule has 0 radical (unpaired) electrons. The number of halogens is 1. The van der Waals surface area contributed by atoms with Crippen LogP contribution in [0.2, 0.25) is 4.47 Å². The Morgan fingerprint density at radius 1 is 1.38 bits per heavy atom. The van der Waals surface area contributed by atoms with Gasteiger partial charge in [-0.1, -0.05) is 36.8 Å². The van der Waals surface area contributed by atoms with Crippen molar-refractivity contribution < 1.29 is 13.2 Å². The van der Waals surface area contributed by atoms with E-state index >= 15 is 0 Å². The Morgan fingerprint density at radius 3 is 2.48 bits per heavy atom. The molecule has 0 N–H and O–H groups in total. The molecule has 0 unspecified atom stereocenters. The fourth-order valence-electron chi connectivity index (χ4n) is 2.14. The summed E-state index contributed by atoms with van der Waals surface area (Å²) in [5.41, 5.74) is 0. The number of hydrogen-bond acceptors (Lipinski definition) is 5. The van der Waals surface area contributed by atoms with Crippen molar-refractivity contribution in [3.8, 4) is 0 Å². The lowest BCUT2D eigenvalue weighted by molar-refractivity contribution is -0.133. The SMILES string of the molecule is CC(C)CC(=O)N1CCN(S(=O)(=O)c2cnc(Cl)s2)CC1. The van der Waals surface area contributed by atoms with E-state index in [9.17, 15) is 13.2 Å². The first-order valence-corrected chi connectivity index (χ1v) is 9.33. The van der Waals surface area contributed by atoms with Gasteiger partial charge in [-0.3, -0.25) is 4.79 Å². The lowest BCUT2D eigenvalue weighted by Crippen LogP contribution is -2.50. The summed E-state index contributed by atoms with van der Waals surface area (Å²) in [7, 11) is -3.55. The van der Waals surface area contributed by atoms with Crippen molar-refractivity contribution in [2.75, 3.05) is 26.2 Å². The fraction of sp³-hybridized carbons (Fsp3) is 0.667. The van der Waals surface area contributed by atoms with Crippen LogP contribution in [0.4, 0.5) is 0 Å². The van der Waals surface area contributed by atoms with Crippen LogP contribution in [0.5, 0.6) is 0 Å². The number of thiazole rings is 1. The standard InChI is InChI=1S/C12H18ClN3O3S2/c1-9(2)7-10(17)15-3-5-16(6-4-15)21(18,19)11-8-14-12(13)20-11/h8-9H,3-7H2,1-2H3. The molecule has 0 atom stereocenters. The molecule has 2 heterocycles. The van der Waals surface area contributed by atoms with E-state index < -0.39 is 10.0 Å². The zero-order valence-electron chi connectivity index (χ0n) is 12.0. The summed E-state index contributed by atoms with van der Waals surface area (Å²) in [4.78, 5) is 17.5. The molecule has 0 aromatic carbocycles. The highest BCUT2D eigenvalue weighted by Crippen LogP contribution is 2.26. The molecule has 1 amide bonds. The minimum Gasteiger partial charge on any atom is -0.340 e. The van der Waals surface area contributed by atoms with Crippen molar-refractivity contribution in [2.24, 2.45) is 5.92 Å². The molecule has 118 valence electrons. The van der Waals surface area contributed by atoms with E-state index in [1.807, 2.05) is 13.8 Å². The lowest BCUT2D eigenvalue weighted by atomic mass is 10.1. The van der Waals surface area contributed by atoms with Crippen LogP contribution >= 0.6 is 22.9 Å². The lowest BCUT2D eigenvalue weighted by Gasteiger charge is -2.34. The Bertz CT molecular complexity index is 607. The van der Waals surface area contributed by atoms with Gasteiger partial charge in [-0.05, 0) is 5.92 Å². The van der Waals surface area contributed by atoms with Crippen LogP contribution in [-0.4, -0.2) is 54.7 Å². The number of aromatic nitrogens is 1. The molecule has 1 aliphatic rings. The second kappa shape index (κ2) is 6.60. The molecule has 0 bridgehead atoms. The summed E-state index contributed by atoms with van der Waals surface area (Å²) in [6.45, 7) is 5.45. The molecule has 0 aliphatic carbocycles. The van der Waals surface area contributed by atoms with Gasteiger partial charge in [-0.15, -0.1) is 0 Å². The first-order valence-electron chi connectivity index (χ1n) is 6.70. The number of rotatable bonds is 4. The van der Waals surface area contributed by atoms with Gasteiger partial charge in [0.25, 0.3) is 10.0 Å². The molecular weight excluding hydrogens is 334 g/mol. The first kappa shape index (κ1) is 16.7. The van der Waals surface area contributed by atoms with Crippen LogP contribution < -0.4 is 0 Å². The highest BCUT2D eigenvalue weighted by Gasteiger charge is 2.31. The third-order valence-corrected chi connectivity index (χ3v) is 6.67. The van der Waals surface area contributed by atoms with E-state index in [-0.39, 0.29) is 14.6 Å². The molecular formula is C12H18ClN3O3S2. The van der Waals surface area contributed by atoms with Crippen LogP contribution in [0, 0.1) is 5.92 Å². The number of sulfonamides is 1. The Labute approximate surface area is 133 Å². The third kappa shape index (κ3) is 3.94. The predicted molar refractivity (Wildman–Crippen MR) is 81.9 cm³/mol. The van der Waals surface area contributed by atoms with Gasteiger partial charge in [0.05, 0.1) is 6.20 Å². The van der Waals surface area contributed by atoms with Gasteiger partial charge in [-0.25, -0.2) is 13.4 Å². The number of carbonyl (C=O) groups excluding carboxylic acids is 1. The molecule has 0 spiro atoms. The summed E-state index contributed by atoms with van der Waals surface area (Å²) >= 11 is 6.64. The van der Waals surface area contributed by atoms with Crippen LogP contribution in [0.15, 0.2) is 10.4 Å². The van der Waals surface area contributed by atoms with Gasteiger partial charge in [-0.2, -0.15) is 4.31 Å². The summed E-state index contributed by atoms with van der Waals surface area (Å²) in [5, 5.41) is 0. The molecule has 1 fully saturated rings. The maximum absolute atomic E-state index is 12.4. The average Bonchev–Trinajstić information content (AvgIpc) is 2.85. The van der Waals surface area contributed by atoms with E-state index in [2.05, 4.69) is 4.98 Å². The normalized spacial score (nSPS) is 17.4. The second-order valence-corrected chi connectivity index (χ2v) is 9.09. The fourth-order valence-corrected chi connectivity index (χ4v) is 5.01. The van der Waals surface area contributed by atoms with Crippen LogP contribution in [0.25, 0.3) is 0 Å². The van der Waals surface area contributed by atoms with Crippen LogP contribution in [-0.2, 0) is 14.8 Å². The van der Waals surface area contributed by atoms with Crippen molar-refractivity contribution in [3.63, 3.8) is 0 Å². The minimum atomic E-state index is -3.55. The molecule has 1 aromatic heterocycles. The second-order valence-electron chi connectivity index (χ2n) is 5.32. The van der Waals surface area contributed by atoms with Crippen molar-refractivity contribution >= 4 is 38.9 Å². The smallest absolute Gasteiger partial charge is 0.254 e. The highest BCUT2D eigenvalue weighted by molar-refractivity contribution is 7.91. The summed E-state index contributed by atoms with van der Waals surface area (Å²) in [6, 6.07) is 0. The van der Waals surface area contributed by atoms with E-state index in [1.54, 1.807) is 4.90 Å². The molecule has 9 heteroatoms. The number of amides is 1. The van der Waals surface area contributed by atoms with Gasteiger partial charge in [0.1, 0.15) is 0 Å². The maximum atomic E-state index is 12.4. The molecule has 21 heavy (non-hydrogen) atoms. The minimum absolute atomic E-state index is 0.0860. The van der Waals surface area contributed by atoms with Gasteiger partial charge < -0.3 is 4.90 Å². The molecule has 2 rings (SSSR count). The molecule has 0 saturated carbocycles. The number of nitrogens with zero attached hydrogens (tertiary/aromatic N) is 3. The van der Waals surface area contributed by atoms with Crippen molar-refractivity contribution in [3.05, 3.63) is 10.7 Å². The number of hydrogen-bond donors (Lipinski definition) is 0. The zero-order chi connectivity index (χ0) is 15.6. The Hall–Kier alpha value is -0.700. The summed E-state index contributed by atoms with van der Waals surface area (Å²) in [5.74, 6) is 0.390. The van der Waals surface area contributed by atoms with Crippen molar-refractivity contribution in [1.29, 1.82) is 0 Å². The largest absolute Gasteiger partial charge is 0.340 e. The van der Waals surface area contributed by atoms with Crippen LogP contribution in [0.1, 0.15) is 20.3 Å². The summed E-state index contributed by atoms with van der Waals surface area (Å²) < 4.78 is 26.5. The molecule has 1 aliphatic heterocycles. The van der Waals surface area contributed by atoms with Crippen molar-refractivity contribution in [2.45, 2.75) is 24.5 Å². The molecule has 1 aromatic rings. The van der Waals surface area contributed by atoms with Gasteiger partial charge in [0.2, 0.25) is 5.91 Å². The van der Waals surface area contributed by atoms with E-state index in [0.29, 0.717) is 38.5 Å². The Kier molecular flexibility index (Phi) is 5.24.